The number of fused-ring (bicyclic) bond motifs is 3. The smallest absolute Gasteiger partial charge is 0.324 e. The fourth-order valence-corrected chi connectivity index (χ4v) is 4.89. The SMILES string of the molecule is CC(C)[C@H](NS(=O)(=O)c1ccc2c(c1)oc1ccc(-n3ccnc3)cc12)C(=O)OC(C)(C)C. The minimum Gasteiger partial charge on any atom is -0.459 e. The number of nitrogens with one attached hydrogen (secondary N) is 1. The largest absolute Gasteiger partial charge is 0.459 e. The number of rotatable bonds is 6. The van der Waals surface area contributed by atoms with Crippen molar-refractivity contribution in [3.8, 4) is 5.69 Å². The Morgan fingerprint density at radius 3 is 2.48 bits per heavy atom. The van der Waals surface area contributed by atoms with E-state index in [1.165, 1.54) is 12.1 Å². The first-order valence-corrected chi connectivity index (χ1v) is 12.1. The maximum absolute atomic E-state index is 13.1. The molecule has 1 N–H and O–H groups in total. The lowest BCUT2D eigenvalue weighted by molar-refractivity contribution is -0.158. The van der Waals surface area contributed by atoms with Gasteiger partial charge in [-0.1, -0.05) is 13.8 Å². The lowest BCUT2D eigenvalue weighted by Gasteiger charge is -2.26. The van der Waals surface area contributed by atoms with Gasteiger partial charge in [-0.3, -0.25) is 4.79 Å². The zero-order chi connectivity index (χ0) is 24.0. The Hall–Kier alpha value is -3.17. The van der Waals surface area contributed by atoms with Gasteiger partial charge in [-0.2, -0.15) is 4.72 Å². The number of carbonyl (C=O) groups is 1. The fraction of sp³-hybridized carbons (Fsp3) is 0.333. The molecule has 0 aliphatic heterocycles. The van der Waals surface area contributed by atoms with Gasteiger partial charge in [-0.25, -0.2) is 13.4 Å². The Morgan fingerprint density at radius 2 is 1.85 bits per heavy atom. The van der Waals surface area contributed by atoms with Crippen molar-refractivity contribution in [2.24, 2.45) is 5.92 Å². The summed E-state index contributed by atoms with van der Waals surface area (Å²) >= 11 is 0. The van der Waals surface area contributed by atoms with Crippen LogP contribution in [0.1, 0.15) is 34.6 Å². The van der Waals surface area contributed by atoms with Crippen molar-refractivity contribution in [2.75, 3.05) is 0 Å². The number of hydrogen-bond donors (Lipinski definition) is 1. The minimum atomic E-state index is -4.00. The van der Waals surface area contributed by atoms with Crippen LogP contribution in [0.15, 0.2) is 64.4 Å². The molecule has 0 fully saturated rings. The molecule has 9 heteroatoms. The number of aromatic nitrogens is 2. The molecule has 0 aliphatic carbocycles. The van der Waals surface area contributed by atoms with Crippen molar-refractivity contribution >= 4 is 37.9 Å². The van der Waals surface area contributed by atoms with Crippen LogP contribution in [0, 0.1) is 5.92 Å². The Labute approximate surface area is 192 Å². The van der Waals surface area contributed by atoms with Crippen LogP contribution in [0.5, 0.6) is 0 Å². The number of carbonyl (C=O) groups excluding carboxylic acids is 1. The highest BCUT2D eigenvalue weighted by Crippen LogP contribution is 2.32. The molecular formula is C24H27N3O5S. The van der Waals surface area contributed by atoms with Crippen molar-refractivity contribution in [3.05, 3.63) is 55.1 Å². The standard InChI is InChI=1S/C24H27N3O5S/c1-15(2)22(23(28)32-24(3,4)5)26-33(29,30)17-7-8-18-19-12-16(27-11-10-25-14-27)6-9-20(19)31-21(18)13-17/h6-15,22,26H,1-5H3/t22-/m0/s1. The maximum Gasteiger partial charge on any atom is 0.324 e. The molecule has 2 heterocycles. The first kappa shape index (κ1) is 23.0. The normalized spacial score (nSPS) is 13.6. The third-order valence-electron chi connectivity index (χ3n) is 5.15. The summed E-state index contributed by atoms with van der Waals surface area (Å²) in [6.45, 7) is 8.74. The molecule has 2 aromatic heterocycles. The number of ether oxygens (including phenoxy) is 1. The van der Waals surface area contributed by atoms with E-state index in [1.807, 2.05) is 29.0 Å². The maximum atomic E-state index is 13.1. The first-order valence-electron chi connectivity index (χ1n) is 10.6. The van der Waals surface area contributed by atoms with Crippen LogP contribution < -0.4 is 4.72 Å². The molecule has 1 atom stereocenters. The number of esters is 1. The van der Waals surface area contributed by atoms with Gasteiger partial charge in [-0.05, 0) is 57.0 Å². The number of furan rings is 1. The second kappa shape index (κ2) is 8.31. The predicted octanol–water partition coefficient (Wildman–Crippen LogP) is 4.42. The Morgan fingerprint density at radius 1 is 1.09 bits per heavy atom. The summed E-state index contributed by atoms with van der Waals surface area (Å²) in [5.41, 5.74) is 1.27. The monoisotopic (exact) mass is 469 g/mol. The Bertz CT molecular complexity index is 1410. The van der Waals surface area contributed by atoms with E-state index in [2.05, 4.69) is 9.71 Å². The van der Waals surface area contributed by atoms with E-state index in [0.717, 1.165) is 16.5 Å². The van der Waals surface area contributed by atoms with E-state index in [1.54, 1.807) is 53.2 Å². The zero-order valence-corrected chi connectivity index (χ0v) is 20.0. The van der Waals surface area contributed by atoms with E-state index >= 15 is 0 Å². The minimum absolute atomic E-state index is 0.0121. The second-order valence-electron chi connectivity index (χ2n) is 9.29. The molecule has 0 radical (unpaired) electrons. The van der Waals surface area contributed by atoms with Crippen LogP contribution in [0.25, 0.3) is 27.6 Å². The summed E-state index contributed by atoms with van der Waals surface area (Å²) in [5, 5.41) is 1.65. The highest BCUT2D eigenvalue weighted by atomic mass is 32.2. The van der Waals surface area contributed by atoms with Gasteiger partial charge < -0.3 is 13.7 Å². The number of nitrogens with zero attached hydrogens (tertiary/aromatic N) is 2. The topological polar surface area (TPSA) is 103 Å². The van der Waals surface area contributed by atoms with Crippen LogP contribution in [-0.2, 0) is 19.6 Å². The Kier molecular flexibility index (Phi) is 5.79. The van der Waals surface area contributed by atoms with Gasteiger partial charge in [-0.15, -0.1) is 0 Å². The zero-order valence-electron chi connectivity index (χ0n) is 19.2. The lowest BCUT2D eigenvalue weighted by Crippen LogP contribution is -2.47. The van der Waals surface area contributed by atoms with E-state index in [-0.39, 0.29) is 10.8 Å². The molecule has 0 saturated carbocycles. The number of hydrogen-bond acceptors (Lipinski definition) is 6. The Balaban J connectivity index is 1.68. The molecule has 8 nitrogen and oxygen atoms in total. The molecule has 174 valence electrons. The molecular weight excluding hydrogens is 442 g/mol. The van der Waals surface area contributed by atoms with Gasteiger partial charge in [0.2, 0.25) is 10.0 Å². The van der Waals surface area contributed by atoms with Gasteiger partial charge in [0.05, 0.1) is 11.2 Å². The molecule has 0 bridgehead atoms. The van der Waals surface area contributed by atoms with Crippen molar-refractivity contribution in [1.29, 1.82) is 0 Å². The molecule has 33 heavy (non-hydrogen) atoms. The summed E-state index contributed by atoms with van der Waals surface area (Å²) in [6, 6.07) is 9.39. The predicted molar refractivity (Wildman–Crippen MR) is 126 cm³/mol. The molecule has 0 aliphatic rings. The van der Waals surface area contributed by atoms with Crippen molar-refractivity contribution in [3.63, 3.8) is 0 Å². The highest BCUT2D eigenvalue weighted by Gasteiger charge is 2.32. The first-order chi connectivity index (χ1) is 15.4. The van der Waals surface area contributed by atoms with E-state index < -0.39 is 27.6 Å². The van der Waals surface area contributed by atoms with Gasteiger partial charge in [0.25, 0.3) is 0 Å². The third kappa shape index (κ3) is 4.79. The second-order valence-corrected chi connectivity index (χ2v) is 11.0. The van der Waals surface area contributed by atoms with Crippen LogP contribution in [-0.4, -0.2) is 35.6 Å². The van der Waals surface area contributed by atoms with Crippen LogP contribution in [0.2, 0.25) is 0 Å². The number of sulfonamides is 1. The lowest BCUT2D eigenvalue weighted by atomic mass is 10.1. The molecule has 0 amide bonds. The molecule has 4 aromatic rings. The quantitative estimate of drug-likeness (QED) is 0.420. The highest BCUT2D eigenvalue weighted by molar-refractivity contribution is 7.89. The van der Waals surface area contributed by atoms with Crippen LogP contribution in [0.3, 0.4) is 0 Å². The molecule has 0 spiro atoms. The summed E-state index contributed by atoms with van der Waals surface area (Å²) < 4.78 is 41.9. The number of benzene rings is 2. The molecule has 0 unspecified atom stereocenters. The van der Waals surface area contributed by atoms with E-state index in [9.17, 15) is 13.2 Å². The van der Waals surface area contributed by atoms with Crippen LogP contribution in [0.4, 0.5) is 0 Å². The van der Waals surface area contributed by atoms with E-state index in [4.69, 9.17) is 9.15 Å². The van der Waals surface area contributed by atoms with Gasteiger partial charge in [0.15, 0.2) is 0 Å². The van der Waals surface area contributed by atoms with Gasteiger partial charge >= 0.3 is 5.97 Å². The molecule has 0 saturated heterocycles. The number of imidazole rings is 1. The summed E-state index contributed by atoms with van der Waals surface area (Å²) in [5.74, 6) is -0.913. The average molecular weight is 470 g/mol. The van der Waals surface area contributed by atoms with Crippen LogP contribution >= 0.6 is 0 Å². The summed E-state index contributed by atoms with van der Waals surface area (Å²) in [7, 11) is -4.00. The van der Waals surface area contributed by atoms with Gasteiger partial charge in [0.1, 0.15) is 22.8 Å². The van der Waals surface area contributed by atoms with E-state index in [0.29, 0.717) is 11.2 Å². The summed E-state index contributed by atoms with van der Waals surface area (Å²) in [4.78, 5) is 16.7. The molecule has 2 aromatic carbocycles. The molecule has 4 rings (SSSR count). The third-order valence-corrected chi connectivity index (χ3v) is 6.59. The fourth-order valence-electron chi connectivity index (χ4n) is 3.54. The van der Waals surface area contributed by atoms with Crippen molar-refractivity contribution in [1.82, 2.24) is 14.3 Å². The van der Waals surface area contributed by atoms with Crippen molar-refractivity contribution < 1.29 is 22.4 Å². The van der Waals surface area contributed by atoms with Crippen molar-refractivity contribution in [2.45, 2.75) is 51.2 Å². The average Bonchev–Trinajstić information content (AvgIpc) is 3.37. The van der Waals surface area contributed by atoms with Gasteiger partial charge in [0, 0.05) is 34.9 Å². The summed E-state index contributed by atoms with van der Waals surface area (Å²) in [6.07, 6.45) is 5.24.